The van der Waals surface area contributed by atoms with Gasteiger partial charge in [-0.1, -0.05) is 48.9 Å². The van der Waals surface area contributed by atoms with E-state index in [1.54, 1.807) is 0 Å². The molecule has 4 fully saturated rings. The van der Waals surface area contributed by atoms with Gasteiger partial charge in [-0.3, -0.25) is 29.3 Å². The fourth-order valence-electron chi connectivity index (χ4n) is 12.4. The Bertz CT molecular complexity index is 3030. The van der Waals surface area contributed by atoms with Crippen LogP contribution in [0.5, 0.6) is 11.5 Å². The van der Waals surface area contributed by atoms with Crippen molar-refractivity contribution in [3.8, 4) is 22.6 Å². The molecule has 5 N–H and O–H groups in total. The Hall–Kier alpha value is -6.28. The Balaban J connectivity index is 0.739. The lowest BCUT2D eigenvalue weighted by Crippen LogP contribution is -2.49. The second-order valence-electron chi connectivity index (χ2n) is 20.7. The van der Waals surface area contributed by atoms with E-state index in [4.69, 9.17) is 26.8 Å². The van der Waals surface area contributed by atoms with Crippen molar-refractivity contribution in [3.05, 3.63) is 105 Å². The number of hydrogen-bond acceptors (Lipinski definition) is 10. The summed E-state index contributed by atoms with van der Waals surface area (Å²) in [6.07, 6.45) is 5.97. The standard InChI is InChI=1S/C55H61ClF4N8O7/c1-30-43-41(27-39(58)47(56)46(43)44-36(51(61)71)12-13-40(49(44)60)74-25-24-69)75-55(30,34-6-4-3-5-7-34)29-62-35-10-8-33(9-11-35)53(72)67-21-14-31(15-22-67)28-66-19-16-32(17-20-66)37-26-38(57)45-50(48(37)59)65(2)64-52(45)68-23-18-42(70)63-54(68)73/h3-7,12-13,26-27,30-33,35,62,69H,8-11,14-25,28-29H2,1-2H3,(H2,61,71)(H,63,70,73)/t30-,33?,35?,55?/m0/s1. The number of nitrogens with zero attached hydrogens (tertiary/aromatic N) is 5. The molecule has 1 saturated carbocycles. The number of primary amides is 1. The largest absolute Gasteiger partial charge is 0.488 e. The molecule has 4 aliphatic heterocycles. The molecule has 5 aliphatic rings. The molecule has 2 atom stereocenters. The number of benzene rings is 4. The van der Waals surface area contributed by atoms with Crippen molar-refractivity contribution in [2.45, 2.75) is 88.2 Å². The molecule has 398 valence electrons. The SMILES string of the molecule is C[C@H]1c2c(cc(F)c(Cl)c2-c2c(C(N)=O)ccc(OCCO)c2F)OC1(CNC1CCC(C(=O)N2CCC(CN3CCC(c4cc(F)c5c(N6CCC(=O)NC6=O)nn(C)c5c4F)CC3)CC2)CC1)c1ccccc1. The zero-order valence-electron chi connectivity index (χ0n) is 41.9. The molecule has 15 nitrogen and oxygen atoms in total. The number of hydrogen-bond donors (Lipinski definition) is 4. The molecule has 20 heteroatoms. The second-order valence-corrected chi connectivity index (χ2v) is 21.1. The number of carbonyl (C=O) groups is 4. The molecule has 1 aliphatic carbocycles. The van der Waals surface area contributed by atoms with Crippen molar-refractivity contribution in [2.75, 3.05) is 63.9 Å². The summed E-state index contributed by atoms with van der Waals surface area (Å²) in [6.45, 7) is 5.24. The summed E-state index contributed by atoms with van der Waals surface area (Å²) >= 11 is 6.72. The zero-order chi connectivity index (χ0) is 52.9. The van der Waals surface area contributed by atoms with E-state index < -0.39 is 64.3 Å². The van der Waals surface area contributed by atoms with Crippen LogP contribution in [-0.4, -0.2) is 114 Å². The number of nitrogens with one attached hydrogen (secondary N) is 2. The maximum atomic E-state index is 16.5. The van der Waals surface area contributed by atoms with Crippen LogP contribution in [0.2, 0.25) is 5.02 Å². The third-order valence-electron chi connectivity index (χ3n) is 16.4. The lowest BCUT2D eigenvalue weighted by atomic mass is 9.77. The molecule has 0 radical (unpaired) electrons. The molecular weight excluding hydrogens is 996 g/mol. The quantitative estimate of drug-likeness (QED) is 0.0795. The highest BCUT2D eigenvalue weighted by Crippen LogP contribution is 2.57. The number of rotatable bonds is 14. The monoisotopic (exact) mass is 1060 g/mol. The lowest BCUT2D eigenvalue weighted by Gasteiger charge is -2.40. The van der Waals surface area contributed by atoms with Gasteiger partial charge in [-0.15, -0.1) is 0 Å². The van der Waals surface area contributed by atoms with E-state index in [9.17, 15) is 24.3 Å². The van der Waals surface area contributed by atoms with Crippen LogP contribution in [0.4, 0.5) is 28.2 Å². The number of ether oxygens (including phenoxy) is 2. The fourth-order valence-corrected chi connectivity index (χ4v) is 12.6. The van der Waals surface area contributed by atoms with E-state index in [1.807, 2.05) is 42.2 Å². The number of carbonyl (C=O) groups excluding carboxylic acids is 4. The number of imide groups is 1. The number of aromatic nitrogens is 2. The van der Waals surface area contributed by atoms with Crippen LogP contribution in [0, 0.1) is 35.1 Å². The van der Waals surface area contributed by atoms with Crippen LogP contribution in [0.25, 0.3) is 22.0 Å². The third kappa shape index (κ3) is 9.80. The molecule has 1 aromatic heterocycles. The number of fused-ring (bicyclic) bond motifs is 2. The highest BCUT2D eigenvalue weighted by Gasteiger charge is 2.50. The topological polar surface area (TPSA) is 185 Å². The van der Waals surface area contributed by atoms with Crippen LogP contribution in [-0.2, 0) is 22.2 Å². The highest BCUT2D eigenvalue weighted by atomic mass is 35.5. The van der Waals surface area contributed by atoms with Crippen LogP contribution in [0.15, 0.2) is 54.6 Å². The van der Waals surface area contributed by atoms with Crippen LogP contribution >= 0.6 is 11.6 Å². The summed E-state index contributed by atoms with van der Waals surface area (Å²) in [5.41, 5.74) is 5.47. The van der Waals surface area contributed by atoms with E-state index >= 15 is 17.6 Å². The van der Waals surface area contributed by atoms with Crippen LogP contribution < -0.4 is 30.7 Å². The number of anilines is 1. The summed E-state index contributed by atoms with van der Waals surface area (Å²) in [5.74, 6) is -4.91. The molecule has 5 heterocycles. The summed E-state index contributed by atoms with van der Waals surface area (Å²) in [7, 11) is 1.52. The summed E-state index contributed by atoms with van der Waals surface area (Å²) in [6, 6.07) is 13.7. The van der Waals surface area contributed by atoms with Gasteiger partial charge in [-0.2, -0.15) is 5.10 Å². The first-order valence-electron chi connectivity index (χ1n) is 25.9. The maximum Gasteiger partial charge on any atom is 0.329 e. The predicted octanol–water partition coefficient (Wildman–Crippen LogP) is 8.02. The minimum absolute atomic E-state index is 0.0117. The second kappa shape index (κ2) is 21.4. The van der Waals surface area contributed by atoms with E-state index in [2.05, 4.69) is 20.6 Å². The Labute approximate surface area is 436 Å². The number of nitrogens with two attached hydrogens (primary N) is 1. The third-order valence-corrected chi connectivity index (χ3v) is 16.8. The number of aliphatic hydroxyl groups is 1. The van der Waals surface area contributed by atoms with Gasteiger partial charge in [0.15, 0.2) is 28.8 Å². The average Bonchev–Trinajstić information content (AvgIpc) is 3.93. The lowest BCUT2D eigenvalue weighted by molar-refractivity contribution is -0.138. The van der Waals surface area contributed by atoms with Gasteiger partial charge in [0.2, 0.25) is 17.7 Å². The van der Waals surface area contributed by atoms with Crippen LogP contribution in [0.3, 0.4) is 0 Å². The van der Waals surface area contributed by atoms with Crippen molar-refractivity contribution >= 4 is 52.1 Å². The summed E-state index contributed by atoms with van der Waals surface area (Å²) in [4.78, 5) is 56.6. The molecular formula is C55H61ClF4N8O7. The minimum Gasteiger partial charge on any atom is -0.488 e. The van der Waals surface area contributed by atoms with Crippen LogP contribution in [0.1, 0.15) is 104 Å². The molecule has 0 bridgehead atoms. The molecule has 3 saturated heterocycles. The summed E-state index contributed by atoms with van der Waals surface area (Å²) < 4.78 is 77.9. The van der Waals surface area contributed by atoms with Gasteiger partial charge in [0, 0.05) is 86.8 Å². The number of aliphatic hydroxyl groups excluding tert-OH is 1. The normalized spacial score (nSPS) is 22.9. The first kappa shape index (κ1) is 52.2. The number of halogens is 5. The van der Waals surface area contributed by atoms with E-state index in [0.717, 1.165) is 50.9 Å². The zero-order valence-corrected chi connectivity index (χ0v) is 42.7. The van der Waals surface area contributed by atoms with E-state index in [-0.39, 0.29) is 94.8 Å². The number of amides is 5. The Morgan fingerprint density at radius 2 is 1.64 bits per heavy atom. The average molecular weight is 1060 g/mol. The molecule has 5 aromatic rings. The maximum absolute atomic E-state index is 16.5. The van der Waals surface area contributed by atoms with Crippen molar-refractivity contribution in [2.24, 2.45) is 24.6 Å². The van der Waals surface area contributed by atoms with Gasteiger partial charge in [0.1, 0.15) is 29.5 Å². The Morgan fingerprint density at radius 3 is 2.32 bits per heavy atom. The number of urea groups is 1. The van der Waals surface area contributed by atoms with Crippen molar-refractivity contribution < 1.29 is 51.3 Å². The minimum atomic E-state index is -1.13. The number of piperidine rings is 2. The van der Waals surface area contributed by atoms with Gasteiger partial charge in [0.25, 0.3) is 0 Å². The molecule has 10 rings (SSSR count). The molecule has 4 aromatic carbocycles. The number of aryl methyl sites for hydroxylation is 1. The molecule has 1 unspecified atom stereocenters. The first-order chi connectivity index (χ1) is 36.1. The predicted molar refractivity (Wildman–Crippen MR) is 273 cm³/mol. The summed E-state index contributed by atoms with van der Waals surface area (Å²) in [5, 5.41) is 19.1. The first-order valence-corrected chi connectivity index (χ1v) is 26.3. The number of likely N-dealkylation sites (tertiary alicyclic amines) is 2. The van der Waals surface area contributed by atoms with Crippen molar-refractivity contribution in [3.63, 3.8) is 0 Å². The highest BCUT2D eigenvalue weighted by molar-refractivity contribution is 6.34. The van der Waals surface area contributed by atoms with Gasteiger partial charge in [0.05, 0.1) is 22.6 Å². The molecule has 75 heavy (non-hydrogen) atoms. The van der Waals surface area contributed by atoms with Gasteiger partial charge in [-0.25, -0.2) is 22.4 Å². The smallest absolute Gasteiger partial charge is 0.329 e. The molecule has 0 spiro atoms. The molecule has 5 amide bonds. The van der Waals surface area contributed by atoms with Gasteiger partial charge in [-0.05, 0) is 106 Å². The Kier molecular flexibility index (Phi) is 14.9. The van der Waals surface area contributed by atoms with Crippen molar-refractivity contribution in [1.82, 2.24) is 30.2 Å². The van der Waals surface area contributed by atoms with Crippen molar-refractivity contribution in [1.29, 1.82) is 0 Å². The van der Waals surface area contributed by atoms with Gasteiger partial charge < -0.3 is 35.4 Å². The van der Waals surface area contributed by atoms with Gasteiger partial charge >= 0.3 is 6.03 Å². The van der Waals surface area contributed by atoms with E-state index in [0.29, 0.717) is 55.8 Å². The fraction of sp³-hybridized carbons (Fsp3) is 0.473. The Morgan fingerprint density at radius 1 is 0.920 bits per heavy atom. The van der Waals surface area contributed by atoms with E-state index in [1.165, 1.54) is 40.9 Å².